The third kappa shape index (κ3) is 2.09. The minimum Gasteiger partial charge on any atom is -0.375 e. The van der Waals surface area contributed by atoms with E-state index >= 15 is 0 Å². The molecule has 3 heterocycles. The van der Waals surface area contributed by atoms with Crippen molar-refractivity contribution in [2.45, 2.75) is 19.3 Å². The summed E-state index contributed by atoms with van der Waals surface area (Å²) in [6.07, 6.45) is 7.56. The molecule has 1 saturated heterocycles. The van der Waals surface area contributed by atoms with Crippen LogP contribution in [0.1, 0.15) is 24.8 Å². The molecule has 3 aliphatic heterocycles. The number of piperidine rings is 1. The van der Waals surface area contributed by atoms with E-state index in [1.807, 2.05) is 11.1 Å². The average Bonchev–Trinajstić information content (AvgIpc) is 2.61. The molecule has 4 rings (SSSR count). The lowest BCUT2D eigenvalue weighted by Crippen LogP contribution is -2.33. The van der Waals surface area contributed by atoms with Crippen molar-refractivity contribution in [3.8, 4) is 5.75 Å². The van der Waals surface area contributed by atoms with Gasteiger partial charge in [0.15, 0.2) is 5.75 Å². The summed E-state index contributed by atoms with van der Waals surface area (Å²) in [7, 11) is 2.20. The standard InChI is InChI=1S/C18H20N2O/c1-13-7-8-17-14-9-10-19(2)12-16(14)15-5-3-4-6-18(15)21-20(17)11-13/h3-8,11,16H,9-10,12H2,1-2H3/t16-/m0/s1. The molecule has 1 aromatic rings. The zero-order valence-corrected chi connectivity index (χ0v) is 12.5. The first-order valence-corrected chi connectivity index (χ1v) is 7.56. The highest BCUT2D eigenvalue weighted by atomic mass is 16.7. The summed E-state index contributed by atoms with van der Waals surface area (Å²) in [6, 6.07) is 8.44. The molecule has 0 aromatic heterocycles. The van der Waals surface area contributed by atoms with Gasteiger partial charge in [-0.05, 0) is 43.7 Å². The predicted octanol–water partition coefficient (Wildman–Crippen LogP) is 3.44. The van der Waals surface area contributed by atoms with Crippen molar-refractivity contribution in [3.05, 3.63) is 65.0 Å². The van der Waals surface area contributed by atoms with Crippen molar-refractivity contribution in [2.24, 2.45) is 0 Å². The fourth-order valence-corrected chi connectivity index (χ4v) is 3.45. The molecule has 0 radical (unpaired) electrons. The molecule has 0 amide bonds. The largest absolute Gasteiger partial charge is 0.375 e. The van der Waals surface area contributed by atoms with E-state index in [1.165, 1.54) is 22.4 Å². The number of nitrogens with zero attached hydrogens (tertiary/aromatic N) is 2. The Morgan fingerprint density at radius 3 is 2.95 bits per heavy atom. The topological polar surface area (TPSA) is 15.7 Å². The third-order valence-electron chi connectivity index (χ3n) is 4.56. The normalized spacial score (nSPS) is 24.6. The number of hydrogen-bond donors (Lipinski definition) is 0. The van der Waals surface area contributed by atoms with Crippen LogP contribution in [0.2, 0.25) is 0 Å². The molecule has 0 saturated carbocycles. The first kappa shape index (κ1) is 12.7. The summed E-state index contributed by atoms with van der Waals surface area (Å²) < 4.78 is 0. The van der Waals surface area contributed by atoms with Crippen LogP contribution in [-0.4, -0.2) is 30.1 Å². The Bertz CT molecular complexity index is 672. The highest BCUT2D eigenvalue weighted by Gasteiger charge is 2.33. The van der Waals surface area contributed by atoms with Gasteiger partial charge in [0.2, 0.25) is 0 Å². The van der Waals surface area contributed by atoms with Gasteiger partial charge in [-0.15, -0.1) is 0 Å². The van der Waals surface area contributed by atoms with Crippen LogP contribution in [-0.2, 0) is 0 Å². The van der Waals surface area contributed by atoms with E-state index < -0.39 is 0 Å². The zero-order chi connectivity index (χ0) is 14.4. The molecule has 0 spiro atoms. The number of allylic oxidation sites excluding steroid dienone is 3. The van der Waals surface area contributed by atoms with Crippen LogP contribution < -0.4 is 4.84 Å². The van der Waals surface area contributed by atoms with Gasteiger partial charge in [-0.1, -0.05) is 24.3 Å². The maximum atomic E-state index is 6.19. The van der Waals surface area contributed by atoms with Crippen LogP contribution in [0, 0.1) is 0 Å². The number of hydrogen-bond acceptors (Lipinski definition) is 3. The van der Waals surface area contributed by atoms with Crippen molar-refractivity contribution in [2.75, 3.05) is 20.1 Å². The Morgan fingerprint density at radius 1 is 1.19 bits per heavy atom. The Morgan fingerprint density at radius 2 is 2.05 bits per heavy atom. The SMILES string of the molecule is CC1=CN2Oc3ccccc3[C@H]3CN(C)CCC3=C2C=C1. The molecule has 1 aromatic carbocycles. The van der Waals surface area contributed by atoms with E-state index in [0.717, 1.165) is 25.3 Å². The van der Waals surface area contributed by atoms with Crippen LogP contribution in [0.15, 0.2) is 59.5 Å². The predicted molar refractivity (Wildman–Crippen MR) is 83.7 cm³/mol. The number of likely N-dealkylation sites (tertiary alicyclic amines) is 1. The van der Waals surface area contributed by atoms with Gasteiger partial charge in [-0.25, -0.2) is 0 Å². The minimum atomic E-state index is 0.427. The van der Waals surface area contributed by atoms with Crippen LogP contribution in [0.25, 0.3) is 0 Å². The second-order valence-electron chi connectivity index (χ2n) is 6.14. The lowest BCUT2D eigenvalue weighted by Gasteiger charge is -2.33. The van der Waals surface area contributed by atoms with E-state index in [-0.39, 0.29) is 0 Å². The first-order valence-electron chi connectivity index (χ1n) is 7.56. The van der Waals surface area contributed by atoms with E-state index in [2.05, 4.69) is 55.4 Å². The van der Waals surface area contributed by atoms with Gasteiger partial charge >= 0.3 is 0 Å². The van der Waals surface area contributed by atoms with E-state index in [0.29, 0.717) is 5.92 Å². The highest BCUT2D eigenvalue weighted by molar-refractivity contribution is 5.48. The molecule has 0 unspecified atom stereocenters. The average molecular weight is 280 g/mol. The summed E-state index contributed by atoms with van der Waals surface area (Å²) in [5, 5.41) is 1.95. The lowest BCUT2D eigenvalue weighted by molar-refractivity contribution is 0.0330. The fourth-order valence-electron chi connectivity index (χ4n) is 3.45. The summed E-state index contributed by atoms with van der Waals surface area (Å²) in [5.74, 6) is 1.40. The number of hydroxylamine groups is 2. The molecule has 3 nitrogen and oxygen atoms in total. The van der Waals surface area contributed by atoms with E-state index in [1.54, 1.807) is 0 Å². The van der Waals surface area contributed by atoms with Gasteiger partial charge in [-0.3, -0.25) is 0 Å². The summed E-state index contributed by atoms with van der Waals surface area (Å²) in [5.41, 5.74) is 5.23. The summed E-state index contributed by atoms with van der Waals surface area (Å²) in [6.45, 7) is 4.27. The number of benzene rings is 1. The third-order valence-corrected chi connectivity index (χ3v) is 4.56. The molecule has 108 valence electrons. The van der Waals surface area contributed by atoms with Gasteiger partial charge in [0.05, 0.1) is 5.70 Å². The molecule has 0 aliphatic carbocycles. The number of fused-ring (bicyclic) bond motifs is 4. The zero-order valence-electron chi connectivity index (χ0n) is 12.5. The quantitative estimate of drug-likeness (QED) is 0.724. The van der Waals surface area contributed by atoms with Gasteiger partial charge in [0, 0.05) is 30.8 Å². The second kappa shape index (κ2) is 4.78. The van der Waals surface area contributed by atoms with Crippen LogP contribution in [0.3, 0.4) is 0 Å². The Labute approximate surface area is 125 Å². The molecule has 21 heavy (non-hydrogen) atoms. The van der Waals surface area contributed by atoms with Gasteiger partial charge in [0.25, 0.3) is 0 Å². The molecular formula is C18H20N2O. The minimum absolute atomic E-state index is 0.427. The highest BCUT2D eigenvalue weighted by Crippen LogP contribution is 2.42. The van der Waals surface area contributed by atoms with Crippen LogP contribution in [0.4, 0.5) is 0 Å². The first-order chi connectivity index (χ1) is 10.2. The molecule has 1 fully saturated rings. The molecule has 3 aliphatic rings. The van der Waals surface area contributed by atoms with E-state index in [9.17, 15) is 0 Å². The van der Waals surface area contributed by atoms with Crippen LogP contribution >= 0.6 is 0 Å². The van der Waals surface area contributed by atoms with Gasteiger partial charge in [0.1, 0.15) is 0 Å². The van der Waals surface area contributed by atoms with Gasteiger partial charge < -0.3 is 9.74 Å². The summed E-state index contributed by atoms with van der Waals surface area (Å²) >= 11 is 0. The molecule has 0 N–H and O–H groups in total. The Hall–Kier alpha value is -2.00. The molecular weight excluding hydrogens is 260 g/mol. The van der Waals surface area contributed by atoms with Crippen molar-refractivity contribution in [3.63, 3.8) is 0 Å². The van der Waals surface area contributed by atoms with E-state index in [4.69, 9.17) is 4.84 Å². The molecule has 0 bridgehead atoms. The number of likely N-dealkylation sites (N-methyl/N-ethyl adjacent to an activating group) is 1. The number of rotatable bonds is 0. The van der Waals surface area contributed by atoms with Gasteiger partial charge in [-0.2, -0.15) is 5.06 Å². The molecule has 1 atom stereocenters. The van der Waals surface area contributed by atoms with Crippen molar-refractivity contribution in [1.29, 1.82) is 0 Å². The van der Waals surface area contributed by atoms with Crippen molar-refractivity contribution >= 4 is 0 Å². The second-order valence-corrected chi connectivity index (χ2v) is 6.14. The smallest absolute Gasteiger partial charge is 0.159 e. The summed E-state index contributed by atoms with van der Waals surface area (Å²) in [4.78, 5) is 8.60. The molecule has 3 heteroatoms. The maximum Gasteiger partial charge on any atom is 0.159 e. The maximum absolute atomic E-state index is 6.19. The van der Waals surface area contributed by atoms with Crippen molar-refractivity contribution < 1.29 is 4.84 Å². The fraction of sp³-hybridized carbons (Fsp3) is 0.333. The van der Waals surface area contributed by atoms with Crippen molar-refractivity contribution in [1.82, 2.24) is 9.96 Å². The lowest BCUT2D eigenvalue weighted by atomic mass is 9.84. The monoisotopic (exact) mass is 280 g/mol. The number of para-hydroxylation sites is 1. The Balaban J connectivity index is 1.89. The Kier molecular flexibility index (Phi) is 2.89. The van der Waals surface area contributed by atoms with Crippen LogP contribution in [0.5, 0.6) is 5.75 Å².